The van der Waals surface area contributed by atoms with Crippen LogP contribution in [0.5, 0.6) is 0 Å². The fraction of sp³-hybridized carbons (Fsp3) is 0.846. The summed E-state index contributed by atoms with van der Waals surface area (Å²) in [4.78, 5) is 25.6. The van der Waals surface area contributed by atoms with Crippen LogP contribution in [0.2, 0.25) is 0 Å². The number of amides is 1. The predicted molar refractivity (Wildman–Crippen MR) is 69.1 cm³/mol. The molecule has 0 radical (unpaired) electrons. The van der Waals surface area contributed by atoms with Gasteiger partial charge in [-0.05, 0) is 26.7 Å². The molecule has 1 aliphatic rings. The Morgan fingerprint density at radius 1 is 1.50 bits per heavy atom. The molecule has 104 valence electrons. The van der Waals surface area contributed by atoms with Gasteiger partial charge in [-0.15, -0.1) is 0 Å². The van der Waals surface area contributed by atoms with E-state index in [1.54, 1.807) is 18.7 Å². The van der Waals surface area contributed by atoms with Crippen molar-refractivity contribution in [2.75, 3.05) is 13.2 Å². The maximum Gasteiger partial charge on any atom is 0.328 e. The lowest BCUT2D eigenvalue weighted by atomic mass is 10.0. The Hall–Kier alpha value is -1.10. The van der Waals surface area contributed by atoms with Crippen LogP contribution >= 0.6 is 0 Å². The highest BCUT2D eigenvalue weighted by Gasteiger charge is 2.34. The number of hydrogen-bond donors (Lipinski definition) is 1. The number of esters is 1. The van der Waals surface area contributed by atoms with Crippen LogP contribution in [0, 0.1) is 0 Å². The summed E-state index contributed by atoms with van der Waals surface area (Å²) in [5, 5.41) is 3.24. The van der Waals surface area contributed by atoms with Gasteiger partial charge in [-0.2, -0.15) is 0 Å². The average Bonchev–Trinajstić information content (AvgIpc) is 2.31. The average molecular weight is 256 g/mol. The third-order valence-electron chi connectivity index (χ3n) is 3.10. The number of likely N-dealkylation sites (tertiary alicyclic amines) is 1. The van der Waals surface area contributed by atoms with Gasteiger partial charge in [0.05, 0.1) is 12.6 Å². The first-order valence-electron chi connectivity index (χ1n) is 6.70. The number of nitrogens with one attached hydrogen (secondary N) is 1. The Morgan fingerprint density at radius 2 is 2.17 bits per heavy atom. The number of carbonyl (C=O) groups excluding carboxylic acids is 2. The Morgan fingerprint density at radius 3 is 2.72 bits per heavy atom. The molecular formula is C13H24N2O3. The molecule has 2 unspecified atom stereocenters. The molecule has 1 heterocycles. The van der Waals surface area contributed by atoms with Gasteiger partial charge in [0, 0.05) is 12.6 Å². The minimum absolute atomic E-state index is 0.00973. The van der Waals surface area contributed by atoms with Gasteiger partial charge in [0.1, 0.15) is 6.04 Å². The first kappa shape index (κ1) is 15.0. The molecule has 1 fully saturated rings. The quantitative estimate of drug-likeness (QED) is 0.743. The molecule has 5 heteroatoms. The standard InChI is InChI=1S/C13H24N2O3/c1-5-18-13(17)10(4)15-8-6-7-11(12(15)16)14-9(2)3/h9-11,14H,5-8H2,1-4H3. The largest absolute Gasteiger partial charge is 0.464 e. The molecule has 5 nitrogen and oxygen atoms in total. The van der Waals surface area contributed by atoms with Crippen LogP contribution in [0.1, 0.15) is 40.5 Å². The van der Waals surface area contributed by atoms with Crippen LogP contribution in [0.3, 0.4) is 0 Å². The molecule has 0 bridgehead atoms. The third-order valence-corrected chi connectivity index (χ3v) is 3.10. The van der Waals surface area contributed by atoms with Crippen LogP contribution in [-0.2, 0) is 14.3 Å². The third kappa shape index (κ3) is 3.70. The molecular weight excluding hydrogens is 232 g/mol. The van der Waals surface area contributed by atoms with E-state index in [0.29, 0.717) is 13.2 Å². The zero-order valence-corrected chi connectivity index (χ0v) is 11.7. The van der Waals surface area contributed by atoms with Crippen LogP contribution in [0.4, 0.5) is 0 Å². The fourth-order valence-corrected chi connectivity index (χ4v) is 2.23. The lowest BCUT2D eigenvalue weighted by Gasteiger charge is -2.36. The van der Waals surface area contributed by atoms with E-state index in [1.165, 1.54) is 0 Å². The number of piperidine rings is 1. The van der Waals surface area contributed by atoms with Gasteiger partial charge in [-0.1, -0.05) is 13.8 Å². The van der Waals surface area contributed by atoms with Crippen molar-refractivity contribution in [1.82, 2.24) is 10.2 Å². The summed E-state index contributed by atoms with van der Waals surface area (Å²) < 4.78 is 4.97. The maximum absolute atomic E-state index is 12.3. The maximum atomic E-state index is 12.3. The zero-order valence-electron chi connectivity index (χ0n) is 11.7. The van der Waals surface area contributed by atoms with Crippen molar-refractivity contribution in [3.63, 3.8) is 0 Å². The van der Waals surface area contributed by atoms with E-state index in [2.05, 4.69) is 5.32 Å². The molecule has 0 aromatic heterocycles. The molecule has 1 rings (SSSR count). The first-order chi connectivity index (χ1) is 8.47. The summed E-state index contributed by atoms with van der Waals surface area (Å²) in [7, 11) is 0. The van der Waals surface area contributed by atoms with Crippen molar-refractivity contribution in [1.29, 1.82) is 0 Å². The summed E-state index contributed by atoms with van der Waals surface area (Å²) in [5.41, 5.74) is 0. The van der Waals surface area contributed by atoms with Gasteiger partial charge in [0.15, 0.2) is 0 Å². The van der Waals surface area contributed by atoms with Crippen molar-refractivity contribution < 1.29 is 14.3 Å². The number of carbonyl (C=O) groups is 2. The van der Waals surface area contributed by atoms with E-state index in [0.717, 1.165) is 12.8 Å². The molecule has 1 aliphatic heterocycles. The van der Waals surface area contributed by atoms with Crippen molar-refractivity contribution in [3.05, 3.63) is 0 Å². The molecule has 1 saturated heterocycles. The van der Waals surface area contributed by atoms with Gasteiger partial charge >= 0.3 is 5.97 Å². The van der Waals surface area contributed by atoms with Crippen LogP contribution in [0.15, 0.2) is 0 Å². The van der Waals surface area contributed by atoms with Crippen molar-refractivity contribution in [2.24, 2.45) is 0 Å². The summed E-state index contributed by atoms with van der Waals surface area (Å²) in [6, 6.07) is -0.401. The molecule has 0 spiro atoms. The van der Waals surface area contributed by atoms with E-state index in [4.69, 9.17) is 4.74 Å². The summed E-state index contributed by atoms with van der Waals surface area (Å²) in [6.07, 6.45) is 1.75. The second-order valence-corrected chi connectivity index (χ2v) is 4.98. The molecule has 18 heavy (non-hydrogen) atoms. The highest BCUT2D eigenvalue weighted by molar-refractivity contribution is 5.88. The predicted octanol–water partition coefficient (Wildman–Crippen LogP) is 0.927. The smallest absolute Gasteiger partial charge is 0.328 e. The lowest BCUT2D eigenvalue weighted by molar-refractivity contribution is -0.156. The number of rotatable bonds is 5. The van der Waals surface area contributed by atoms with Gasteiger partial charge in [0.2, 0.25) is 5.91 Å². The van der Waals surface area contributed by atoms with E-state index >= 15 is 0 Å². The van der Waals surface area contributed by atoms with Gasteiger partial charge < -0.3 is 15.0 Å². The van der Waals surface area contributed by atoms with Crippen LogP contribution in [0.25, 0.3) is 0 Å². The summed E-state index contributed by atoms with van der Waals surface area (Å²) in [5.74, 6) is -0.313. The first-order valence-corrected chi connectivity index (χ1v) is 6.70. The molecule has 0 saturated carbocycles. The minimum atomic E-state index is -0.491. The van der Waals surface area contributed by atoms with Crippen LogP contribution in [-0.4, -0.2) is 48.1 Å². The van der Waals surface area contributed by atoms with Gasteiger partial charge in [-0.3, -0.25) is 4.79 Å². The molecule has 1 amide bonds. The second-order valence-electron chi connectivity index (χ2n) is 4.98. The summed E-state index contributed by atoms with van der Waals surface area (Å²) >= 11 is 0. The minimum Gasteiger partial charge on any atom is -0.464 e. The molecule has 1 N–H and O–H groups in total. The zero-order chi connectivity index (χ0) is 13.7. The van der Waals surface area contributed by atoms with Gasteiger partial charge in [0.25, 0.3) is 0 Å². The molecule has 0 aliphatic carbocycles. The topological polar surface area (TPSA) is 58.6 Å². The highest BCUT2D eigenvalue weighted by Crippen LogP contribution is 2.16. The normalized spacial score (nSPS) is 22.2. The van der Waals surface area contributed by atoms with Crippen LogP contribution < -0.4 is 5.32 Å². The number of hydrogen-bond acceptors (Lipinski definition) is 4. The lowest BCUT2D eigenvalue weighted by Crippen LogP contribution is -2.56. The Labute approximate surface area is 109 Å². The number of nitrogens with zero attached hydrogens (tertiary/aromatic N) is 1. The summed E-state index contributed by atoms with van der Waals surface area (Å²) in [6.45, 7) is 8.51. The van der Waals surface area contributed by atoms with E-state index in [-0.39, 0.29) is 24.0 Å². The Kier molecular flexibility index (Phi) is 5.59. The van der Waals surface area contributed by atoms with Gasteiger partial charge in [-0.25, -0.2) is 4.79 Å². The van der Waals surface area contributed by atoms with E-state index < -0.39 is 6.04 Å². The SMILES string of the molecule is CCOC(=O)C(C)N1CCCC(NC(C)C)C1=O. The fourth-order valence-electron chi connectivity index (χ4n) is 2.23. The van der Waals surface area contributed by atoms with Crippen molar-refractivity contribution >= 4 is 11.9 Å². The molecule has 0 aromatic carbocycles. The highest BCUT2D eigenvalue weighted by atomic mass is 16.5. The van der Waals surface area contributed by atoms with E-state index in [9.17, 15) is 9.59 Å². The number of ether oxygens (including phenoxy) is 1. The van der Waals surface area contributed by atoms with Crippen molar-refractivity contribution in [3.8, 4) is 0 Å². The van der Waals surface area contributed by atoms with E-state index in [1.807, 2.05) is 13.8 Å². The Bertz CT molecular complexity index is 305. The second kappa shape index (κ2) is 6.73. The van der Waals surface area contributed by atoms with Crippen molar-refractivity contribution in [2.45, 2.75) is 58.7 Å². The molecule has 2 atom stereocenters. The monoisotopic (exact) mass is 256 g/mol. The Balaban J connectivity index is 2.65. The molecule has 0 aromatic rings.